The Morgan fingerprint density at radius 3 is 2.85 bits per heavy atom. The molecule has 1 aromatic heterocycles. The van der Waals surface area contributed by atoms with E-state index < -0.39 is 5.82 Å². The van der Waals surface area contributed by atoms with E-state index in [2.05, 4.69) is 4.98 Å². The van der Waals surface area contributed by atoms with Gasteiger partial charge in [-0.25, -0.2) is 9.37 Å². The molecule has 3 nitrogen and oxygen atoms in total. The number of methoxy groups -OCH3 is 1. The Bertz CT molecular complexity index is 740. The van der Waals surface area contributed by atoms with Gasteiger partial charge in [0.25, 0.3) is 0 Å². The van der Waals surface area contributed by atoms with Crippen LogP contribution in [0.5, 0.6) is 5.75 Å². The maximum atomic E-state index is 13.5. The lowest BCUT2D eigenvalue weighted by atomic mass is 10.3. The molecule has 6 heteroatoms. The van der Waals surface area contributed by atoms with E-state index in [9.17, 15) is 4.39 Å². The summed E-state index contributed by atoms with van der Waals surface area (Å²) < 4.78 is 20.5. The van der Waals surface area contributed by atoms with Crippen molar-refractivity contribution in [2.24, 2.45) is 0 Å². The zero-order valence-electron chi connectivity index (χ0n) is 10.6. The summed E-state index contributed by atoms with van der Waals surface area (Å²) in [5.74, 6) is -0.276. The highest BCUT2D eigenvalue weighted by Gasteiger charge is 2.12. The number of thiazole rings is 1. The molecule has 0 saturated heterocycles. The molecule has 2 aromatic carbocycles. The Hall–Kier alpha value is -1.79. The quantitative estimate of drug-likeness (QED) is 0.738. The van der Waals surface area contributed by atoms with Crippen molar-refractivity contribution >= 4 is 39.0 Å². The molecule has 1 heterocycles. The van der Waals surface area contributed by atoms with Crippen molar-refractivity contribution in [3.05, 3.63) is 42.2 Å². The number of anilines is 1. The van der Waals surface area contributed by atoms with Crippen LogP contribution in [0.4, 0.5) is 10.1 Å². The molecule has 3 aromatic rings. The first kappa shape index (κ1) is 13.2. The van der Waals surface area contributed by atoms with Gasteiger partial charge < -0.3 is 10.5 Å². The topological polar surface area (TPSA) is 48.1 Å². The summed E-state index contributed by atoms with van der Waals surface area (Å²) in [5, 5.41) is 0. The lowest BCUT2D eigenvalue weighted by Gasteiger charge is -2.07. The number of fused-ring (bicyclic) bond motifs is 1. The maximum absolute atomic E-state index is 13.5. The number of aromatic nitrogens is 1. The molecular weight excluding hydrogens is 295 g/mol. The number of benzene rings is 2. The Morgan fingerprint density at radius 2 is 2.10 bits per heavy atom. The number of para-hydroxylation sites is 1. The fraction of sp³-hybridized carbons (Fsp3) is 0.0714. The van der Waals surface area contributed by atoms with E-state index in [-0.39, 0.29) is 5.75 Å². The summed E-state index contributed by atoms with van der Waals surface area (Å²) in [7, 11) is 1.43. The summed E-state index contributed by atoms with van der Waals surface area (Å²) in [5.41, 5.74) is 7.18. The third-order valence-corrected chi connectivity index (χ3v) is 4.93. The third kappa shape index (κ3) is 2.44. The van der Waals surface area contributed by atoms with E-state index in [1.807, 2.05) is 24.3 Å². The minimum Gasteiger partial charge on any atom is -0.494 e. The first-order valence-corrected chi connectivity index (χ1v) is 7.47. The van der Waals surface area contributed by atoms with Crippen LogP contribution in [-0.2, 0) is 0 Å². The summed E-state index contributed by atoms with van der Waals surface area (Å²) in [6.07, 6.45) is 0. The number of nitrogens with two attached hydrogens (primary N) is 1. The number of rotatable bonds is 3. The van der Waals surface area contributed by atoms with Crippen molar-refractivity contribution < 1.29 is 9.13 Å². The van der Waals surface area contributed by atoms with Crippen LogP contribution >= 0.6 is 23.1 Å². The van der Waals surface area contributed by atoms with E-state index in [0.717, 1.165) is 19.5 Å². The molecule has 0 aliphatic carbocycles. The van der Waals surface area contributed by atoms with Gasteiger partial charge in [0.2, 0.25) is 0 Å². The molecule has 0 radical (unpaired) electrons. The molecule has 0 amide bonds. The Labute approximate surface area is 123 Å². The standard InChI is InChI=1S/C14H11FN2OS2/c1-18-11-7-13(9(16)6-8(11)15)20-14-17-10-4-2-3-5-12(10)19-14/h2-7H,16H2,1H3. The van der Waals surface area contributed by atoms with Crippen LogP contribution in [0, 0.1) is 5.82 Å². The van der Waals surface area contributed by atoms with Crippen LogP contribution in [0.3, 0.4) is 0 Å². The summed E-state index contributed by atoms with van der Waals surface area (Å²) in [6.45, 7) is 0. The van der Waals surface area contributed by atoms with Crippen LogP contribution in [-0.4, -0.2) is 12.1 Å². The van der Waals surface area contributed by atoms with Crippen molar-refractivity contribution in [3.63, 3.8) is 0 Å². The molecule has 0 atom stereocenters. The smallest absolute Gasteiger partial charge is 0.167 e. The molecule has 0 bridgehead atoms. The van der Waals surface area contributed by atoms with E-state index in [4.69, 9.17) is 10.5 Å². The number of nitrogen functional groups attached to an aromatic ring is 1. The van der Waals surface area contributed by atoms with E-state index >= 15 is 0 Å². The van der Waals surface area contributed by atoms with Gasteiger partial charge in [0.1, 0.15) is 0 Å². The third-order valence-electron chi connectivity index (χ3n) is 2.76. The molecule has 102 valence electrons. The normalized spacial score (nSPS) is 10.9. The zero-order chi connectivity index (χ0) is 14.1. The van der Waals surface area contributed by atoms with Crippen molar-refractivity contribution in [3.8, 4) is 5.75 Å². The first-order chi connectivity index (χ1) is 9.67. The fourth-order valence-electron chi connectivity index (χ4n) is 1.78. The predicted octanol–water partition coefficient (Wildman–Crippen LogP) is 4.18. The Balaban J connectivity index is 1.98. The lowest BCUT2D eigenvalue weighted by Crippen LogP contribution is -1.94. The molecule has 0 saturated carbocycles. The summed E-state index contributed by atoms with van der Waals surface area (Å²) >= 11 is 2.99. The summed E-state index contributed by atoms with van der Waals surface area (Å²) in [6, 6.07) is 10.8. The number of ether oxygens (including phenoxy) is 1. The average molecular weight is 306 g/mol. The van der Waals surface area contributed by atoms with E-state index in [1.165, 1.54) is 24.9 Å². The van der Waals surface area contributed by atoms with E-state index in [1.54, 1.807) is 17.4 Å². The number of hydrogen-bond donors (Lipinski definition) is 1. The minimum absolute atomic E-state index is 0.183. The molecule has 0 spiro atoms. The SMILES string of the molecule is COc1cc(Sc2nc3ccccc3s2)c(N)cc1F. The van der Waals surface area contributed by atoms with Crippen molar-refractivity contribution in [2.75, 3.05) is 12.8 Å². The Morgan fingerprint density at radius 1 is 1.30 bits per heavy atom. The first-order valence-electron chi connectivity index (χ1n) is 5.84. The highest BCUT2D eigenvalue weighted by atomic mass is 32.2. The number of halogens is 1. The highest BCUT2D eigenvalue weighted by Crippen LogP contribution is 2.39. The van der Waals surface area contributed by atoms with Crippen molar-refractivity contribution in [2.45, 2.75) is 9.24 Å². The second kappa shape index (κ2) is 5.30. The molecular formula is C14H11FN2OS2. The summed E-state index contributed by atoms with van der Waals surface area (Å²) in [4.78, 5) is 5.26. The second-order valence-electron chi connectivity index (χ2n) is 4.07. The van der Waals surface area contributed by atoms with E-state index in [0.29, 0.717) is 5.69 Å². The minimum atomic E-state index is -0.460. The van der Waals surface area contributed by atoms with Gasteiger partial charge in [0.05, 0.1) is 17.3 Å². The van der Waals surface area contributed by atoms with Crippen LogP contribution in [0.1, 0.15) is 0 Å². The van der Waals surface area contributed by atoms with Gasteiger partial charge in [0, 0.05) is 16.6 Å². The molecule has 0 fully saturated rings. The molecule has 20 heavy (non-hydrogen) atoms. The van der Waals surface area contributed by atoms with Crippen molar-refractivity contribution in [1.82, 2.24) is 4.98 Å². The largest absolute Gasteiger partial charge is 0.494 e. The molecule has 2 N–H and O–H groups in total. The fourth-order valence-corrected chi connectivity index (χ4v) is 3.86. The van der Waals surface area contributed by atoms with Crippen molar-refractivity contribution in [1.29, 1.82) is 0 Å². The monoisotopic (exact) mass is 306 g/mol. The van der Waals surface area contributed by atoms with Gasteiger partial charge in [-0.3, -0.25) is 0 Å². The van der Waals surface area contributed by atoms with Gasteiger partial charge >= 0.3 is 0 Å². The van der Waals surface area contributed by atoms with Gasteiger partial charge in [0.15, 0.2) is 15.9 Å². The van der Waals surface area contributed by atoms with Gasteiger partial charge in [-0.1, -0.05) is 23.9 Å². The number of nitrogens with zero attached hydrogens (tertiary/aromatic N) is 1. The molecule has 0 aliphatic rings. The average Bonchev–Trinajstić information content (AvgIpc) is 2.84. The van der Waals surface area contributed by atoms with Gasteiger partial charge in [-0.2, -0.15) is 0 Å². The van der Waals surface area contributed by atoms with Crippen LogP contribution < -0.4 is 10.5 Å². The zero-order valence-corrected chi connectivity index (χ0v) is 12.2. The lowest BCUT2D eigenvalue weighted by molar-refractivity contribution is 0.385. The predicted molar refractivity (Wildman–Crippen MR) is 81.1 cm³/mol. The molecule has 3 rings (SSSR count). The highest BCUT2D eigenvalue weighted by molar-refractivity contribution is 8.01. The molecule has 0 aliphatic heterocycles. The van der Waals surface area contributed by atoms with Gasteiger partial charge in [-0.15, -0.1) is 11.3 Å². The van der Waals surface area contributed by atoms with Gasteiger partial charge in [-0.05, 0) is 18.2 Å². The second-order valence-corrected chi connectivity index (χ2v) is 6.39. The van der Waals surface area contributed by atoms with Crippen LogP contribution in [0.15, 0.2) is 45.6 Å². The number of hydrogen-bond acceptors (Lipinski definition) is 5. The van der Waals surface area contributed by atoms with Crippen LogP contribution in [0.25, 0.3) is 10.2 Å². The Kier molecular flexibility index (Phi) is 3.50. The molecule has 0 unspecified atom stereocenters. The van der Waals surface area contributed by atoms with Crippen LogP contribution in [0.2, 0.25) is 0 Å². The maximum Gasteiger partial charge on any atom is 0.167 e.